The Morgan fingerprint density at radius 3 is 2.77 bits per heavy atom. The number of anilines is 1. The molecule has 3 aromatic rings. The van der Waals surface area contributed by atoms with Gasteiger partial charge < -0.3 is 20.1 Å². The number of methoxy groups -OCH3 is 1. The van der Waals surface area contributed by atoms with Crippen LogP contribution in [-0.2, 0) is 11.3 Å². The van der Waals surface area contributed by atoms with Gasteiger partial charge in [0.15, 0.2) is 11.5 Å². The predicted molar refractivity (Wildman–Crippen MR) is 119 cm³/mol. The Balaban J connectivity index is 1.48. The molecule has 2 N–H and O–H groups in total. The third-order valence-electron chi connectivity index (χ3n) is 4.71. The van der Waals surface area contributed by atoms with Crippen molar-refractivity contribution in [3.8, 4) is 11.5 Å². The maximum atomic E-state index is 12.6. The number of nitrogens with one attached hydrogen (secondary N) is 2. The number of benzene rings is 3. The predicted octanol–water partition coefficient (Wildman–Crippen LogP) is 4.65. The maximum Gasteiger partial charge on any atom is 0.291 e. The van der Waals surface area contributed by atoms with Crippen molar-refractivity contribution < 1.29 is 19.1 Å². The van der Waals surface area contributed by atoms with E-state index in [1.807, 2.05) is 36.4 Å². The van der Waals surface area contributed by atoms with E-state index in [0.29, 0.717) is 34.1 Å². The van der Waals surface area contributed by atoms with E-state index in [9.17, 15) is 9.59 Å². The van der Waals surface area contributed by atoms with Crippen LogP contribution in [0.15, 0.2) is 72.5 Å². The van der Waals surface area contributed by atoms with Gasteiger partial charge in [-0.15, -0.1) is 0 Å². The van der Waals surface area contributed by atoms with Gasteiger partial charge in [0.1, 0.15) is 5.75 Å². The van der Waals surface area contributed by atoms with Crippen LogP contribution in [0.1, 0.15) is 21.5 Å². The molecule has 0 bridgehead atoms. The first kappa shape index (κ1) is 20.5. The summed E-state index contributed by atoms with van der Waals surface area (Å²) in [6.45, 7) is 0.348. The van der Waals surface area contributed by atoms with E-state index < -0.39 is 5.91 Å². The number of hydrogen-bond acceptors (Lipinski definition) is 4. The van der Waals surface area contributed by atoms with Crippen LogP contribution in [0.25, 0.3) is 6.08 Å². The van der Waals surface area contributed by atoms with Crippen molar-refractivity contribution in [1.29, 1.82) is 0 Å². The normalized spacial score (nSPS) is 13.7. The van der Waals surface area contributed by atoms with Crippen molar-refractivity contribution in [3.63, 3.8) is 0 Å². The van der Waals surface area contributed by atoms with Crippen LogP contribution in [-0.4, -0.2) is 18.9 Å². The summed E-state index contributed by atoms with van der Waals surface area (Å²) in [5, 5.41) is 6.13. The molecule has 0 saturated heterocycles. The fourth-order valence-electron chi connectivity index (χ4n) is 3.10. The van der Waals surface area contributed by atoms with Crippen LogP contribution in [0.3, 0.4) is 0 Å². The molecule has 0 unspecified atom stereocenters. The third-order valence-corrected chi connectivity index (χ3v) is 5.06. The van der Waals surface area contributed by atoms with Gasteiger partial charge in [-0.2, -0.15) is 0 Å². The minimum Gasteiger partial charge on any atom is -0.497 e. The Labute approximate surface area is 184 Å². The average Bonchev–Trinajstić information content (AvgIpc) is 2.79. The molecule has 0 fully saturated rings. The van der Waals surface area contributed by atoms with Crippen LogP contribution >= 0.6 is 11.6 Å². The Hall–Kier alpha value is -3.77. The highest BCUT2D eigenvalue weighted by Crippen LogP contribution is 2.33. The van der Waals surface area contributed by atoms with E-state index in [1.165, 1.54) is 0 Å². The average molecular weight is 435 g/mol. The van der Waals surface area contributed by atoms with Gasteiger partial charge in [0.25, 0.3) is 11.8 Å². The van der Waals surface area contributed by atoms with Crippen LogP contribution in [0, 0.1) is 0 Å². The number of carbonyl (C=O) groups excluding carboxylic acids is 2. The Morgan fingerprint density at radius 2 is 1.97 bits per heavy atom. The molecule has 6 nitrogen and oxygen atoms in total. The molecule has 3 aromatic carbocycles. The number of amides is 2. The molecule has 156 valence electrons. The lowest BCUT2D eigenvalue weighted by atomic mass is 10.1. The summed E-state index contributed by atoms with van der Waals surface area (Å²) in [5.41, 5.74) is 2.42. The molecule has 1 heterocycles. The van der Waals surface area contributed by atoms with Crippen LogP contribution in [0.5, 0.6) is 11.5 Å². The van der Waals surface area contributed by atoms with Crippen molar-refractivity contribution >= 4 is 35.2 Å². The SMILES string of the molecule is COc1cccc(CNC(=O)c2ccc3c(c2)NC(=O)/C(=C/c2ccccc2Cl)O3)c1. The van der Waals surface area contributed by atoms with Gasteiger partial charge in [0.05, 0.1) is 12.8 Å². The number of halogens is 1. The highest BCUT2D eigenvalue weighted by molar-refractivity contribution is 6.32. The van der Waals surface area contributed by atoms with Crippen molar-refractivity contribution in [2.24, 2.45) is 0 Å². The summed E-state index contributed by atoms with van der Waals surface area (Å²) in [5.74, 6) is 0.609. The highest BCUT2D eigenvalue weighted by Gasteiger charge is 2.23. The zero-order valence-corrected chi connectivity index (χ0v) is 17.4. The molecule has 7 heteroatoms. The van der Waals surface area contributed by atoms with E-state index in [0.717, 1.165) is 11.3 Å². The summed E-state index contributed by atoms with van der Waals surface area (Å²) in [7, 11) is 1.59. The van der Waals surface area contributed by atoms with E-state index >= 15 is 0 Å². The second-order valence-corrected chi connectivity index (χ2v) is 7.24. The van der Waals surface area contributed by atoms with Gasteiger partial charge in [-0.05, 0) is 53.6 Å². The molecule has 2 amide bonds. The molecule has 0 radical (unpaired) electrons. The Bertz CT molecular complexity index is 1190. The molecule has 0 aromatic heterocycles. The Kier molecular flexibility index (Phi) is 5.91. The molecule has 1 aliphatic rings. The summed E-state index contributed by atoms with van der Waals surface area (Å²) >= 11 is 6.15. The lowest BCUT2D eigenvalue weighted by molar-refractivity contribution is -0.115. The standard InChI is InChI=1S/C24H19ClN2O4/c1-30-18-7-4-5-15(11-18)14-26-23(28)17-9-10-21-20(12-17)27-24(29)22(31-21)13-16-6-2-3-8-19(16)25/h2-13H,14H2,1H3,(H,26,28)(H,27,29)/b22-13-. The fourth-order valence-corrected chi connectivity index (χ4v) is 3.29. The van der Waals surface area contributed by atoms with E-state index in [1.54, 1.807) is 43.5 Å². The van der Waals surface area contributed by atoms with Gasteiger partial charge >= 0.3 is 0 Å². The van der Waals surface area contributed by atoms with Crippen molar-refractivity contribution in [2.45, 2.75) is 6.54 Å². The second-order valence-electron chi connectivity index (χ2n) is 6.83. The van der Waals surface area contributed by atoms with Crippen molar-refractivity contribution in [2.75, 3.05) is 12.4 Å². The molecule has 0 aliphatic carbocycles. The summed E-state index contributed by atoms with van der Waals surface area (Å²) in [6, 6.07) is 19.5. The van der Waals surface area contributed by atoms with Gasteiger partial charge in [-0.25, -0.2) is 0 Å². The monoisotopic (exact) mass is 434 g/mol. The fraction of sp³-hybridized carbons (Fsp3) is 0.0833. The zero-order valence-electron chi connectivity index (χ0n) is 16.6. The van der Waals surface area contributed by atoms with Crippen molar-refractivity contribution in [1.82, 2.24) is 5.32 Å². The number of fused-ring (bicyclic) bond motifs is 1. The van der Waals surface area contributed by atoms with Gasteiger partial charge in [-0.3, -0.25) is 9.59 Å². The quantitative estimate of drug-likeness (QED) is 0.573. The first-order valence-electron chi connectivity index (χ1n) is 9.54. The topological polar surface area (TPSA) is 76.7 Å². The summed E-state index contributed by atoms with van der Waals surface area (Å²) in [4.78, 5) is 25.0. The molecule has 0 spiro atoms. The van der Waals surface area contributed by atoms with E-state index in [-0.39, 0.29) is 11.7 Å². The second kappa shape index (κ2) is 8.93. The lowest BCUT2D eigenvalue weighted by Crippen LogP contribution is -2.25. The number of carbonyl (C=O) groups is 2. The molecular weight excluding hydrogens is 416 g/mol. The first-order chi connectivity index (χ1) is 15.0. The van der Waals surface area contributed by atoms with Gasteiger partial charge in [-0.1, -0.05) is 41.9 Å². The largest absolute Gasteiger partial charge is 0.497 e. The molecular formula is C24H19ClN2O4. The van der Waals surface area contributed by atoms with E-state index in [2.05, 4.69) is 10.6 Å². The minimum atomic E-state index is -0.415. The smallest absolute Gasteiger partial charge is 0.291 e. The van der Waals surface area contributed by atoms with Crippen LogP contribution < -0.4 is 20.1 Å². The highest BCUT2D eigenvalue weighted by atomic mass is 35.5. The minimum absolute atomic E-state index is 0.121. The molecule has 31 heavy (non-hydrogen) atoms. The van der Waals surface area contributed by atoms with Crippen LogP contribution in [0.2, 0.25) is 5.02 Å². The molecule has 0 atom stereocenters. The first-order valence-corrected chi connectivity index (χ1v) is 9.92. The number of rotatable bonds is 5. The lowest BCUT2D eigenvalue weighted by Gasteiger charge is -2.20. The summed E-state index contributed by atoms with van der Waals surface area (Å²) < 4.78 is 10.9. The summed E-state index contributed by atoms with van der Waals surface area (Å²) in [6.07, 6.45) is 1.58. The van der Waals surface area contributed by atoms with Crippen LogP contribution in [0.4, 0.5) is 5.69 Å². The van der Waals surface area contributed by atoms with E-state index in [4.69, 9.17) is 21.1 Å². The molecule has 4 rings (SSSR count). The third kappa shape index (κ3) is 4.70. The maximum absolute atomic E-state index is 12.6. The number of hydrogen-bond donors (Lipinski definition) is 2. The molecule has 0 saturated carbocycles. The Morgan fingerprint density at radius 1 is 1.13 bits per heavy atom. The van der Waals surface area contributed by atoms with Gasteiger partial charge in [0.2, 0.25) is 0 Å². The van der Waals surface area contributed by atoms with Gasteiger partial charge in [0, 0.05) is 17.1 Å². The molecule has 1 aliphatic heterocycles. The van der Waals surface area contributed by atoms with Crippen molar-refractivity contribution in [3.05, 3.63) is 94.2 Å². The number of ether oxygens (including phenoxy) is 2. The zero-order chi connectivity index (χ0) is 21.8.